The van der Waals surface area contributed by atoms with Crippen LogP contribution in [0.5, 0.6) is 5.75 Å². The molecule has 0 spiro atoms. The number of carbonyl (C=O) groups is 1. The lowest BCUT2D eigenvalue weighted by Crippen LogP contribution is -2.36. The second-order valence-electron chi connectivity index (χ2n) is 4.17. The minimum Gasteiger partial charge on any atom is -0.406 e. The summed E-state index contributed by atoms with van der Waals surface area (Å²) in [5.74, 6) is 0.563. The van der Waals surface area contributed by atoms with Crippen LogP contribution in [0.25, 0.3) is 0 Å². The largest absolute Gasteiger partial charge is 0.573 e. The van der Waals surface area contributed by atoms with E-state index in [1.165, 1.54) is 12.1 Å². The van der Waals surface area contributed by atoms with Crippen molar-refractivity contribution in [3.05, 3.63) is 24.3 Å². The maximum absolute atomic E-state index is 12.0. The van der Waals surface area contributed by atoms with E-state index in [9.17, 15) is 18.0 Å². The van der Waals surface area contributed by atoms with Crippen LogP contribution < -0.4 is 10.1 Å². The Hall–Kier alpha value is -1.57. The first-order valence-corrected chi connectivity index (χ1v) is 6.95. The van der Waals surface area contributed by atoms with Gasteiger partial charge in [-0.2, -0.15) is 0 Å². The van der Waals surface area contributed by atoms with Gasteiger partial charge in [-0.1, -0.05) is 0 Å². The first-order chi connectivity index (χ1) is 9.35. The summed E-state index contributed by atoms with van der Waals surface area (Å²) in [5, 5.41) is 2.74. The third kappa shape index (κ3) is 3.96. The van der Waals surface area contributed by atoms with Gasteiger partial charge in [-0.05, 0) is 31.2 Å². The van der Waals surface area contributed by atoms with Gasteiger partial charge in [0.15, 0.2) is 0 Å². The fraction of sp³-hybridized carbons (Fsp3) is 0.417. The molecule has 1 aliphatic rings. The molecule has 20 heavy (non-hydrogen) atoms. The Kier molecular flexibility index (Phi) is 4.32. The molecule has 4 nitrogen and oxygen atoms in total. The Labute approximate surface area is 118 Å². The molecule has 1 N–H and O–H groups in total. The molecule has 0 radical (unpaired) electrons. The molecule has 1 heterocycles. The smallest absolute Gasteiger partial charge is 0.406 e. The Morgan fingerprint density at radius 1 is 1.40 bits per heavy atom. The van der Waals surface area contributed by atoms with E-state index in [1.54, 1.807) is 16.7 Å². The van der Waals surface area contributed by atoms with Crippen molar-refractivity contribution < 1.29 is 22.7 Å². The van der Waals surface area contributed by atoms with Crippen LogP contribution >= 0.6 is 11.8 Å². The number of rotatable bonds is 2. The summed E-state index contributed by atoms with van der Waals surface area (Å²) in [6.45, 7) is 2.59. The van der Waals surface area contributed by atoms with Crippen molar-refractivity contribution in [3.8, 4) is 5.75 Å². The first kappa shape index (κ1) is 14.8. The minimum absolute atomic E-state index is 0.0998. The van der Waals surface area contributed by atoms with E-state index in [0.717, 1.165) is 17.9 Å². The standard InChI is InChI=1S/C12H13F3N2O2S/c1-8-17(6-7-20-8)11(18)16-9-2-4-10(5-3-9)19-12(13,14)15/h2-5,8H,6-7H2,1H3,(H,16,18). The summed E-state index contributed by atoms with van der Waals surface area (Å²) >= 11 is 1.67. The van der Waals surface area contributed by atoms with E-state index < -0.39 is 6.36 Å². The molecule has 0 bridgehead atoms. The average molecular weight is 306 g/mol. The van der Waals surface area contributed by atoms with Crippen molar-refractivity contribution in [1.82, 2.24) is 4.90 Å². The van der Waals surface area contributed by atoms with Gasteiger partial charge in [0, 0.05) is 18.0 Å². The topological polar surface area (TPSA) is 41.6 Å². The van der Waals surface area contributed by atoms with Crippen LogP contribution in [0.3, 0.4) is 0 Å². The van der Waals surface area contributed by atoms with Crippen molar-refractivity contribution in [2.75, 3.05) is 17.6 Å². The average Bonchev–Trinajstić information content (AvgIpc) is 2.76. The number of hydrogen-bond acceptors (Lipinski definition) is 3. The summed E-state index contributed by atoms with van der Waals surface area (Å²) in [4.78, 5) is 13.6. The van der Waals surface area contributed by atoms with Crippen LogP contribution in [-0.4, -0.2) is 35.0 Å². The number of nitrogens with one attached hydrogen (secondary N) is 1. The van der Waals surface area contributed by atoms with E-state index in [1.807, 2.05) is 6.92 Å². The van der Waals surface area contributed by atoms with E-state index >= 15 is 0 Å². The summed E-state index contributed by atoms with van der Waals surface area (Å²) in [5.41, 5.74) is 0.425. The predicted octanol–water partition coefficient (Wildman–Crippen LogP) is 3.51. The fourth-order valence-electron chi connectivity index (χ4n) is 1.80. The maximum Gasteiger partial charge on any atom is 0.573 e. The highest BCUT2D eigenvalue weighted by atomic mass is 32.2. The third-order valence-electron chi connectivity index (χ3n) is 2.73. The SMILES string of the molecule is CC1SCCN1C(=O)Nc1ccc(OC(F)(F)F)cc1. The summed E-state index contributed by atoms with van der Waals surface area (Å²) < 4.78 is 39.7. The van der Waals surface area contributed by atoms with E-state index in [0.29, 0.717) is 12.2 Å². The number of nitrogens with zero attached hydrogens (tertiary/aromatic N) is 1. The van der Waals surface area contributed by atoms with Gasteiger partial charge in [0.2, 0.25) is 0 Å². The second kappa shape index (κ2) is 5.82. The molecule has 1 saturated heterocycles. The van der Waals surface area contributed by atoms with Crippen molar-refractivity contribution in [2.24, 2.45) is 0 Å². The van der Waals surface area contributed by atoms with Crippen LogP contribution in [0, 0.1) is 0 Å². The minimum atomic E-state index is -4.72. The molecule has 1 unspecified atom stereocenters. The quantitative estimate of drug-likeness (QED) is 0.909. The zero-order valence-corrected chi connectivity index (χ0v) is 11.4. The maximum atomic E-state index is 12.0. The lowest BCUT2D eigenvalue weighted by molar-refractivity contribution is -0.274. The lowest BCUT2D eigenvalue weighted by Gasteiger charge is -2.21. The molecule has 1 fully saturated rings. The van der Waals surface area contributed by atoms with Gasteiger partial charge >= 0.3 is 12.4 Å². The van der Waals surface area contributed by atoms with Gasteiger partial charge in [-0.15, -0.1) is 24.9 Å². The normalized spacial score (nSPS) is 19.0. The molecule has 8 heteroatoms. The molecule has 2 rings (SSSR count). The van der Waals surface area contributed by atoms with Crippen LogP contribution in [0.1, 0.15) is 6.92 Å². The molecule has 0 saturated carbocycles. The van der Waals surface area contributed by atoms with Crippen LogP contribution in [0.4, 0.5) is 23.7 Å². The lowest BCUT2D eigenvalue weighted by atomic mass is 10.3. The molecule has 1 aliphatic heterocycles. The Bertz CT molecular complexity index is 479. The molecule has 1 aromatic rings. The fourth-order valence-corrected chi connectivity index (χ4v) is 2.82. The van der Waals surface area contributed by atoms with Crippen molar-refractivity contribution in [1.29, 1.82) is 0 Å². The molecule has 2 amide bonds. The van der Waals surface area contributed by atoms with Gasteiger partial charge in [-0.25, -0.2) is 4.79 Å². The van der Waals surface area contributed by atoms with Crippen LogP contribution in [-0.2, 0) is 0 Å². The number of benzene rings is 1. The van der Waals surface area contributed by atoms with Gasteiger partial charge in [0.25, 0.3) is 0 Å². The molecule has 1 aromatic carbocycles. The second-order valence-corrected chi connectivity index (χ2v) is 5.59. The highest BCUT2D eigenvalue weighted by Crippen LogP contribution is 2.26. The Morgan fingerprint density at radius 2 is 2.05 bits per heavy atom. The molecule has 0 aromatic heterocycles. The van der Waals surface area contributed by atoms with Gasteiger partial charge < -0.3 is 15.0 Å². The van der Waals surface area contributed by atoms with Gasteiger partial charge in [0.05, 0.1) is 5.37 Å². The van der Waals surface area contributed by atoms with Crippen molar-refractivity contribution >= 4 is 23.5 Å². The van der Waals surface area contributed by atoms with Gasteiger partial charge in [-0.3, -0.25) is 0 Å². The predicted molar refractivity (Wildman–Crippen MR) is 70.8 cm³/mol. The molecule has 1 atom stereocenters. The number of thioether (sulfide) groups is 1. The number of hydrogen-bond donors (Lipinski definition) is 1. The monoisotopic (exact) mass is 306 g/mol. The number of urea groups is 1. The third-order valence-corrected chi connectivity index (χ3v) is 3.89. The number of alkyl halides is 3. The molecular formula is C12H13F3N2O2S. The molecular weight excluding hydrogens is 293 g/mol. The highest BCUT2D eigenvalue weighted by Gasteiger charge is 2.31. The summed E-state index contributed by atoms with van der Waals surface area (Å²) in [6, 6.07) is 4.79. The number of halogens is 3. The highest BCUT2D eigenvalue weighted by molar-refractivity contribution is 8.00. The van der Waals surface area contributed by atoms with E-state index in [-0.39, 0.29) is 17.2 Å². The van der Waals surface area contributed by atoms with Crippen LogP contribution in [0.15, 0.2) is 24.3 Å². The number of amides is 2. The van der Waals surface area contributed by atoms with E-state index in [2.05, 4.69) is 10.1 Å². The van der Waals surface area contributed by atoms with Crippen molar-refractivity contribution in [3.63, 3.8) is 0 Å². The van der Waals surface area contributed by atoms with E-state index in [4.69, 9.17) is 0 Å². The number of carbonyl (C=O) groups excluding carboxylic acids is 1. The van der Waals surface area contributed by atoms with Crippen LogP contribution in [0.2, 0.25) is 0 Å². The number of anilines is 1. The summed E-state index contributed by atoms with van der Waals surface area (Å²) in [6.07, 6.45) is -4.72. The zero-order chi connectivity index (χ0) is 14.8. The summed E-state index contributed by atoms with van der Waals surface area (Å²) in [7, 11) is 0. The Morgan fingerprint density at radius 3 is 2.55 bits per heavy atom. The molecule has 0 aliphatic carbocycles. The number of ether oxygens (including phenoxy) is 1. The Balaban J connectivity index is 1.95. The molecule has 110 valence electrons. The first-order valence-electron chi connectivity index (χ1n) is 5.90. The zero-order valence-electron chi connectivity index (χ0n) is 10.6. The van der Waals surface area contributed by atoms with Gasteiger partial charge in [0.1, 0.15) is 5.75 Å². The van der Waals surface area contributed by atoms with Crippen molar-refractivity contribution in [2.45, 2.75) is 18.7 Å².